The van der Waals surface area contributed by atoms with Gasteiger partial charge < -0.3 is 14.6 Å². The quantitative estimate of drug-likeness (QED) is 0.407. The Balaban J connectivity index is 1.30. The Kier molecular flexibility index (Phi) is 6.20. The van der Waals surface area contributed by atoms with Crippen LogP contribution in [0.3, 0.4) is 0 Å². The number of hydrogen-bond donors (Lipinski definition) is 1. The average Bonchev–Trinajstić information content (AvgIpc) is 3.44. The minimum absolute atomic E-state index is 0.192. The topological polar surface area (TPSA) is 100 Å². The molecule has 1 aliphatic rings. The lowest BCUT2D eigenvalue weighted by Gasteiger charge is -2.25. The van der Waals surface area contributed by atoms with Crippen molar-refractivity contribution in [1.29, 1.82) is 0 Å². The van der Waals surface area contributed by atoms with Crippen LogP contribution in [-0.2, 0) is 25.4 Å². The Morgan fingerprint density at radius 1 is 1.19 bits per heavy atom. The van der Waals surface area contributed by atoms with Crippen LogP contribution in [0, 0.1) is 17.6 Å². The second kappa shape index (κ2) is 9.34. The Morgan fingerprint density at radius 2 is 1.92 bits per heavy atom. The molecule has 1 aliphatic carbocycles. The van der Waals surface area contributed by atoms with Crippen molar-refractivity contribution in [3.05, 3.63) is 62.2 Å². The van der Waals surface area contributed by atoms with E-state index in [1.165, 1.54) is 16.2 Å². The van der Waals surface area contributed by atoms with Crippen LogP contribution in [0.4, 0.5) is 13.9 Å². The van der Waals surface area contributed by atoms with E-state index in [1.54, 1.807) is 24.7 Å². The third-order valence-electron chi connectivity index (χ3n) is 6.43. The number of nitrogens with one attached hydrogen (secondary N) is 1. The summed E-state index contributed by atoms with van der Waals surface area (Å²) >= 11 is 1.10. The Hall–Kier alpha value is -3.80. The highest BCUT2D eigenvalue weighted by Crippen LogP contribution is 2.33. The molecule has 0 saturated heterocycles. The number of hydrogen-bond acceptors (Lipinski definition) is 6. The van der Waals surface area contributed by atoms with E-state index in [4.69, 9.17) is 4.74 Å². The number of aromatic nitrogens is 4. The molecule has 3 aromatic heterocycles. The van der Waals surface area contributed by atoms with E-state index in [2.05, 4.69) is 10.3 Å². The van der Waals surface area contributed by atoms with Gasteiger partial charge in [-0.1, -0.05) is 6.42 Å². The maximum absolute atomic E-state index is 14.5. The van der Waals surface area contributed by atoms with E-state index in [9.17, 15) is 23.2 Å². The highest BCUT2D eigenvalue weighted by atomic mass is 32.1. The van der Waals surface area contributed by atoms with Gasteiger partial charge in [-0.15, -0.1) is 11.3 Å². The van der Waals surface area contributed by atoms with Crippen LogP contribution in [-0.4, -0.2) is 31.2 Å². The molecule has 5 rings (SSSR count). The molecule has 0 radical (unpaired) electrons. The fourth-order valence-corrected chi connectivity index (χ4v) is 4.89. The van der Waals surface area contributed by atoms with Gasteiger partial charge in [-0.05, 0) is 37.0 Å². The molecule has 1 saturated carbocycles. The molecule has 1 aromatic carbocycles. The van der Waals surface area contributed by atoms with E-state index in [0.29, 0.717) is 23.7 Å². The number of halogens is 2. The van der Waals surface area contributed by atoms with Crippen LogP contribution in [0.25, 0.3) is 22.3 Å². The predicted octanol–water partition coefficient (Wildman–Crippen LogP) is 3.26. The molecule has 188 valence electrons. The van der Waals surface area contributed by atoms with Crippen LogP contribution >= 0.6 is 11.3 Å². The number of amides is 1. The Bertz CT molecular complexity index is 1580. The maximum atomic E-state index is 14.5. The van der Waals surface area contributed by atoms with E-state index in [0.717, 1.165) is 47.3 Å². The van der Waals surface area contributed by atoms with E-state index in [-0.39, 0.29) is 22.8 Å². The van der Waals surface area contributed by atoms with Gasteiger partial charge in [-0.3, -0.25) is 18.7 Å². The fraction of sp³-hybridized carbons (Fsp3) is 0.333. The molecule has 0 aliphatic heterocycles. The van der Waals surface area contributed by atoms with E-state index in [1.807, 2.05) is 0 Å². The van der Waals surface area contributed by atoms with Gasteiger partial charge in [-0.2, -0.15) is 0 Å². The van der Waals surface area contributed by atoms with E-state index >= 15 is 0 Å². The van der Waals surface area contributed by atoms with Crippen LogP contribution in [0.15, 0.2) is 39.4 Å². The van der Waals surface area contributed by atoms with Gasteiger partial charge in [0.1, 0.15) is 12.1 Å². The first kappa shape index (κ1) is 23.9. The van der Waals surface area contributed by atoms with Gasteiger partial charge in [0.25, 0.3) is 5.56 Å². The highest BCUT2D eigenvalue weighted by Gasteiger charge is 2.21. The van der Waals surface area contributed by atoms with Gasteiger partial charge in [0.2, 0.25) is 5.91 Å². The van der Waals surface area contributed by atoms with Crippen molar-refractivity contribution < 1.29 is 18.3 Å². The summed E-state index contributed by atoms with van der Waals surface area (Å²) in [5.74, 6) is -2.12. The predicted molar refractivity (Wildman–Crippen MR) is 131 cm³/mol. The summed E-state index contributed by atoms with van der Waals surface area (Å²) in [7, 11) is 2.92. The third-order valence-corrected chi connectivity index (χ3v) is 7.19. The first-order valence-corrected chi connectivity index (χ1v) is 12.2. The zero-order chi connectivity index (χ0) is 25.6. The molecule has 3 heterocycles. The van der Waals surface area contributed by atoms with Crippen molar-refractivity contribution in [2.45, 2.75) is 25.8 Å². The van der Waals surface area contributed by atoms with Crippen molar-refractivity contribution in [3.8, 4) is 17.0 Å². The molecule has 0 spiro atoms. The third kappa shape index (κ3) is 4.32. The average molecular weight is 516 g/mol. The summed E-state index contributed by atoms with van der Waals surface area (Å²) in [6, 6.07) is 3.91. The van der Waals surface area contributed by atoms with Crippen LogP contribution < -0.4 is 21.3 Å². The smallest absolute Gasteiger partial charge is 0.331 e. The minimum Gasteiger partial charge on any atom is -0.487 e. The molecular weight excluding hydrogens is 492 g/mol. The van der Waals surface area contributed by atoms with Crippen molar-refractivity contribution >= 4 is 33.4 Å². The first-order valence-electron chi connectivity index (χ1n) is 11.4. The summed E-state index contributed by atoms with van der Waals surface area (Å²) in [4.78, 5) is 41.6. The Labute approximate surface area is 207 Å². The number of nitrogens with zero attached hydrogens (tertiary/aromatic N) is 4. The first-order chi connectivity index (χ1) is 17.2. The second-order valence-electron chi connectivity index (χ2n) is 8.85. The van der Waals surface area contributed by atoms with Crippen molar-refractivity contribution in [1.82, 2.24) is 18.7 Å². The van der Waals surface area contributed by atoms with Crippen molar-refractivity contribution in [3.63, 3.8) is 0 Å². The standard InChI is InChI=1S/C24H23F2N5O4S/c1-29-18-6-7-31(20(18)22(33)30(2)24(29)34)10-19(32)28-23-27-17(12-36-23)14-8-15(25)21(16(26)9-14)35-11-13-4-3-5-13/h6-9,12-13H,3-5,10-11H2,1-2H3,(H,27,28,32). The summed E-state index contributed by atoms with van der Waals surface area (Å²) in [6.07, 6.45) is 4.68. The molecule has 1 N–H and O–H groups in total. The summed E-state index contributed by atoms with van der Waals surface area (Å²) in [6.45, 7) is 0.0985. The van der Waals surface area contributed by atoms with Crippen LogP contribution in [0.1, 0.15) is 19.3 Å². The van der Waals surface area contributed by atoms with Crippen LogP contribution in [0.5, 0.6) is 5.75 Å². The number of thiazole rings is 1. The van der Waals surface area contributed by atoms with Gasteiger partial charge >= 0.3 is 5.69 Å². The van der Waals surface area contributed by atoms with E-state index < -0.39 is 34.5 Å². The van der Waals surface area contributed by atoms with Gasteiger partial charge in [0.15, 0.2) is 22.5 Å². The molecule has 4 aromatic rings. The van der Waals surface area contributed by atoms with Gasteiger partial charge in [0, 0.05) is 31.2 Å². The van der Waals surface area contributed by atoms with Crippen molar-refractivity contribution in [2.24, 2.45) is 20.0 Å². The molecule has 36 heavy (non-hydrogen) atoms. The number of aryl methyl sites for hydroxylation is 1. The summed E-state index contributed by atoms with van der Waals surface area (Å²) in [5, 5.41) is 4.45. The molecular formula is C24H23F2N5O4S. The number of rotatable bonds is 7. The summed E-state index contributed by atoms with van der Waals surface area (Å²) < 4.78 is 38.2. The summed E-state index contributed by atoms with van der Waals surface area (Å²) in [5.41, 5.74) is 0.187. The molecule has 1 fully saturated rings. The number of fused-ring (bicyclic) bond motifs is 1. The normalized spacial score (nSPS) is 13.7. The lowest BCUT2D eigenvalue weighted by molar-refractivity contribution is -0.116. The number of carbonyl (C=O) groups is 1. The lowest BCUT2D eigenvalue weighted by atomic mass is 9.86. The molecule has 9 nitrogen and oxygen atoms in total. The maximum Gasteiger partial charge on any atom is 0.331 e. The minimum atomic E-state index is -0.807. The molecule has 1 amide bonds. The molecule has 0 bridgehead atoms. The largest absolute Gasteiger partial charge is 0.487 e. The van der Waals surface area contributed by atoms with Crippen LogP contribution in [0.2, 0.25) is 0 Å². The SMILES string of the molecule is Cn1c(=O)c2c(ccn2CC(=O)Nc2nc(-c3cc(F)c(OCC4CCC4)c(F)c3)cs2)n(C)c1=O. The number of carbonyl (C=O) groups excluding carboxylic acids is 1. The second-order valence-corrected chi connectivity index (χ2v) is 9.70. The fourth-order valence-electron chi connectivity index (χ4n) is 4.15. The van der Waals surface area contributed by atoms with Crippen molar-refractivity contribution in [2.75, 3.05) is 11.9 Å². The zero-order valence-corrected chi connectivity index (χ0v) is 20.4. The molecule has 0 unspecified atom stereocenters. The lowest BCUT2D eigenvalue weighted by Crippen LogP contribution is -2.37. The number of benzene rings is 1. The number of anilines is 1. The molecule has 0 atom stereocenters. The monoisotopic (exact) mass is 515 g/mol. The molecule has 12 heteroatoms. The number of ether oxygens (including phenoxy) is 1. The van der Waals surface area contributed by atoms with Gasteiger partial charge in [0.05, 0.1) is 17.8 Å². The highest BCUT2D eigenvalue weighted by molar-refractivity contribution is 7.14. The van der Waals surface area contributed by atoms with Gasteiger partial charge in [-0.25, -0.2) is 18.6 Å². The Morgan fingerprint density at radius 3 is 2.58 bits per heavy atom. The zero-order valence-electron chi connectivity index (χ0n) is 19.6.